The molecular formula is C13H13FN2O3. The fourth-order valence-corrected chi connectivity index (χ4v) is 1.08. The van der Waals surface area contributed by atoms with Gasteiger partial charge >= 0.3 is 0 Å². The van der Waals surface area contributed by atoms with Gasteiger partial charge in [-0.25, -0.2) is 4.39 Å². The van der Waals surface area contributed by atoms with E-state index >= 15 is 0 Å². The van der Waals surface area contributed by atoms with Gasteiger partial charge in [-0.05, 0) is 24.3 Å². The van der Waals surface area contributed by atoms with Gasteiger partial charge in [-0.15, -0.1) is 0 Å². The van der Waals surface area contributed by atoms with Gasteiger partial charge in [-0.1, -0.05) is 0 Å². The number of rotatable bonds is 6. The average Bonchev–Trinajstić information content (AvgIpc) is 2.42. The van der Waals surface area contributed by atoms with Crippen molar-refractivity contribution in [3.8, 4) is 11.8 Å². The lowest BCUT2D eigenvalue weighted by Gasteiger charge is -2.06. The van der Waals surface area contributed by atoms with Crippen molar-refractivity contribution in [1.82, 2.24) is 0 Å². The minimum atomic E-state index is -0.382. The van der Waals surface area contributed by atoms with Crippen molar-refractivity contribution in [3.63, 3.8) is 0 Å². The molecule has 0 aliphatic heterocycles. The van der Waals surface area contributed by atoms with Crippen LogP contribution in [-0.4, -0.2) is 26.2 Å². The topological polar surface area (TPSA) is 75.3 Å². The Balaban J connectivity index is 2.59. The number of nitrogens with zero attached hydrogens (tertiary/aromatic N) is 1. The third-order valence-corrected chi connectivity index (χ3v) is 2.03. The van der Waals surface area contributed by atoms with Crippen LogP contribution in [-0.2, 0) is 9.47 Å². The number of hydrogen-bond acceptors (Lipinski definition) is 5. The minimum Gasteiger partial charge on any atom is -0.475 e. The van der Waals surface area contributed by atoms with E-state index in [1.54, 1.807) is 6.07 Å². The Morgan fingerprint density at radius 1 is 1.37 bits per heavy atom. The van der Waals surface area contributed by atoms with Gasteiger partial charge in [0.1, 0.15) is 36.1 Å². The maximum Gasteiger partial charge on any atom is 0.227 e. The van der Waals surface area contributed by atoms with Gasteiger partial charge in [0.2, 0.25) is 5.90 Å². The monoisotopic (exact) mass is 264 g/mol. The molecular weight excluding hydrogens is 251 g/mol. The Morgan fingerprint density at radius 3 is 2.63 bits per heavy atom. The first kappa shape index (κ1) is 14.7. The Morgan fingerprint density at radius 2 is 2.05 bits per heavy atom. The van der Waals surface area contributed by atoms with Crippen LogP contribution in [0.5, 0.6) is 5.75 Å². The molecule has 0 aliphatic carbocycles. The highest BCUT2D eigenvalue weighted by atomic mass is 19.1. The quantitative estimate of drug-likeness (QED) is 0.281. The highest BCUT2D eigenvalue weighted by Gasteiger charge is 2.06. The highest BCUT2D eigenvalue weighted by Crippen LogP contribution is 2.12. The van der Waals surface area contributed by atoms with E-state index in [1.807, 2.05) is 0 Å². The molecule has 1 aromatic rings. The fourth-order valence-electron chi connectivity index (χ4n) is 1.08. The molecule has 0 spiro atoms. The van der Waals surface area contributed by atoms with Gasteiger partial charge in [0.05, 0.1) is 6.61 Å². The van der Waals surface area contributed by atoms with Crippen LogP contribution in [0.3, 0.4) is 0 Å². The van der Waals surface area contributed by atoms with Crippen LogP contribution in [0.25, 0.3) is 0 Å². The SMILES string of the molecule is COCCOC(=N)/C(C#N)=C/Oc1ccc(F)cc1. The van der Waals surface area contributed by atoms with Crippen molar-refractivity contribution in [2.75, 3.05) is 20.3 Å². The van der Waals surface area contributed by atoms with Crippen LogP contribution < -0.4 is 4.74 Å². The number of hydrogen-bond donors (Lipinski definition) is 1. The highest BCUT2D eigenvalue weighted by molar-refractivity contribution is 5.94. The first-order chi connectivity index (χ1) is 9.17. The normalized spacial score (nSPS) is 10.7. The molecule has 100 valence electrons. The molecule has 0 atom stereocenters. The van der Waals surface area contributed by atoms with Crippen LogP contribution in [0, 0.1) is 22.6 Å². The predicted octanol–water partition coefficient (Wildman–Crippen LogP) is 2.25. The summed E-state index contributed by atoms with van der Waals surface area (Å²) < 4.78 is 27.5. The van der Waals surface area contributed by atoms with Crippen molar-refractivity contribution < 1.29 is 18.6 Å². The van der Waals surface area contributed by atoms with Crippen molar-refractivity contribution in [3.05, 3.63) is 41.9 Å². The number of benzene rings is 1. The first-order valence-corrected chi connectivity index (χ1v) is 5.40. The molecule has 0 aromatic heterocycles. The van der Waals surface area contributed by atoms with Gasteiger partial charge in [0, 0.05) is 7.11 Å². The second kappa shape index (κ2) is 7.84. The molecule has 1 rings (SSSR count). The number of nitriles is 1. The summed E-state index contributed by atoms with van der Waals surface area (Å²) in [6, 6.07) is 7.07. The van der Waals surface area contributed by atoms with Crippen LogP contribution in [0.4, 0.5) is 4.39 Å². The van der Waals surface area contributed by atoms with Crippen molar-refractivity contribution in [1.29, 1.82) is 10.7 Å². The van der Waals surface area contributed by atoms with Crippen molar-refractivity contribution >= 4 is 5.90 Å². The molecule has 1 N–H and O–H groups in total. The second-order valence-electron chi connectivity index (χ2n) is 3.39. The molecule has 0 radical (unpaired) electrons. The summed E-state index contributed by atoms with van der Waals surface area (Å²) >= 11 is 0. The predicted molar refractivity (Wildman–Crippen MR) is 66.3 cm³/mol. The number of methoxy groups -OCH3 is 1. The largest absolute Gasteiger partial charge is 0.475 e. The molecule has 0 unspecified atom stereocenters. The minimum absolute atomic E-state index is 0.0690. The van der Waals surface area contributed by atoms with E-state index in [1.165, 1.54) is 31.4 Å². The van der Waals surface area contributed by atoms with Gasteiger partial charge in [0.15, 0.2) is 0 Å². The molecule has 5 nitrogen and oxygen atoms in total. The number of nitrogens with one attached hydrogen (secondary N) is 1. The molecule has 0 heterocycles. The third kappa shape index (κ3) is 5.19. The van der Waals surface area contributed by atoms with E-state index in [-0.39, 0.29) is 23.9 Å². The number of halogens is 1. The number of ether oxygens (including phenoxy) is 3. The van der Waals surface area contributed by atoms with E-state index in [4.69, 9.17) is 24.9 Å². The molecule has 0 saturated carbocycles. The Hall–Kier alpha value is -2.39. The summed E-state index contributed by atoms with van der Waals surface area (Å²) in [7, 11) is 1.51. The van der Waals surface area contributed by atoms with E-state index in [0.29, 0.717) is 12.4 Å². The Bertz CT molecular complexity index is 492. The summed E-state index contributed by atoms with van der Waals surface area (Å²) in [5, 5.41) is 16.4. The first-order valence-electron chi connectivity index (χ1n) is 5.40. The van der Waals surface area contributed by atoms with Crippen molar-refractivity contribution in [2.24, 2.45) is 0 Å². The third-order valence-electron chi connectivity index (χ3n) is 2.03. The second-order valence-corrected chi connectivity index (χ2v) is 3.39. The van der Waals surface area contributed by atoms with Crippen molar-refractivity contribution in [2.45, 2.75) is 0 Å². The lowest BCUT2D eigenvalue weighted by Crippen LogP contribution is -2.11. The molecule has 0 saturated heterocycles. The summed E-state index contributed by atoms with van der Waals surface area (Å²) in [5.74, 6) is -0.326. The molecule has 6 heteroatoms. The molecule has 0 aliphatic rings. The maximum atomic E-state index is 12.7. The van der Waals surface area contributed by atoms with Gasteiger partial charge in [-0.3, -0.25) is 5.41 Å². The molecule has 0 bridgehead atoms. The maximum absolute atomic E-state index is 12.7. The van der Waals surface area contributed by atoms with Crippen LogP contribution in [0.2, 0.25) is 0 Å². The van der Waals surface area contributed by atoms with Gasteiger partial charge < -0.3 is 14.2 Å². The van der Waals surface area contributed by atoms with E-state index in [2.05, 4.69) is 0 Å². The molecule has 0 amide bonds. The lowest BCUT2D eigenvalue weighted by molar-refractivity contribution is 0.141. The zero-order chi connectivity index (χ0) is 14.1. The Labute approximate surface area is 110 Å². The van der Waals surface area contributed by atoms with E-state index < -0.39 is 0 Å². The average molecular weight is 264 g/mol. The van der Waals surface area contributed by atoms with Crippen LogP contribution in [0.1, 0.15) is 0 Å². The fraction of sp³-hybridized carbons (Fsp3) is 0.231. The summed E-state index contributed by atoms with van der Waals surface area (Å²) in [4.78, 5) is 0. The molecule has 19 heavy (non-hydrogen) atoms. The summed E-state index contributed by atoms with van der Waals surface area (Å²) in [6.45, 7) is 0.491. The summed E-state index contributed by atoms with van der Waals surface area (Å²) in [5.41, 5.74) is -0.0690. The van der Waals surface area contributed by atoms with Gasteiger partial charge in [-0.2, -0.15) is 5.26 Å². The molecule has 1 aromatic carbocycles. The lowest BCUT2D eigenvalue weighted by atomic mass is 10.3. The summed E-state index contributed by atoms with van der Waals surface area (Å²) in [6.07, 6.45) is 1.09. The van der Waals surface area contributed by atoms with E-state index in [9.17, 15) is 4.39 Å². The van der Waals surface area contributed by atoms with Crippen LogP contribution >= 0.6 is 0 Å². The smallest absolute Gasteiger partial charge is 0.227 e. The zero-order valence-electron chi connectivity index (χ0n) is 10.4. The van der Waals surface area contributed by atoms with Gasteiger partial charge in [0.25, 0.3) is 0 Å². The molecule has 0 fully saturated rings. The van der Waals surface area contributed by atoms with E-state index in [0.717, 1.165) is 6.26 Å². The standard InChI is InChI=1S/C13H13FN2O3/c1-17-6-7-18-13(16)10(8-15)9-19-12-4-2-11(14)3-5-12/h2-5,9,16H,6-7H2,1H3/b10-9+,16-13?. The van der Waals surface area contributed by atoms with Crippen LogP contribution in [0.15, 0.2) is 36.1 Å². The Kier molecular flexibility index (Phi) is 6.06. The zero-order valence-corrected chi connectivity index (χ0v) is 10.4.